The highest BCUT2D eigenvalue weighted by molar-refractivity contribution is 5.97. The lowest BCUT2D eigenvalue weighted by Gasteiger charge is -2.20. The summed E-state index contributed by atoms with van der Waals surface area (Å²) in [6, 6.07) is 6.20. The monoisotopic (exact) mass is 291 g/mol. The Hall–Kier alpha value is -1.88. The van der Waals surface area contributed by atoms with Gasteiger partial charge in [-0.05, 0) is 51.0 Å². The standard InChI is InChI=1S/C16H25N3O2/c1-10(2)13(17)15(21)18-12-8-6-11(7-9-12)14(20)19-16(3,4)5/h6-10,13H,17H2,1-5H3,(H,18,21)(H,19,20)/t13-/m1/s1. The van der Waals surface area contributed by atoms with Crippen LogP contribution in [0.2, 0.25) is 0 Å². The molecule has 1 rings (SSSR count). The first-order valence-electron chi connectivity index (χ1n) is 7.09. The first-order chi connectivity index (χ1) is 9.60. The molecule has 0 heterocycles. The summed E-state index contributed by atoms with van der Waals surface area (Å²) < 4.78 is 0. The molecule has 1 aromatic rings. The molecule has 116 valence electrons. The molecule has 1 atom stereocenters. The molecule has 0 radical (unpaired) electrons. The van der Waals surface area contributed by atoms with E-state index in [0.717, 1.165) is 0 Å². The summed E-state index contributed by atoms with van der Waals surface area (Å²) in [4.78, 5) is 23.8. The third kappa shape index (κ3) is 5.55. The Labute approximate surface area is 126 Å². The van der Waals surface area contributed by atoms with E-state index in [1.807, 2.05) is 34.6 Å². The van der Waals surface area contributed by atoms with E-state index in [-0.39, 0.29) is 23.3 Å². The lowest BCUT2D eigenvalue weighted by Crippen LogP contribution is -2.40. The zero-order valence-electron chi connectivity index (χ0n) is 13.4. The molecule has 21 heavy (non-hydrogen) atoms. The van der Waals surface area contributed by atoms with Crippen LogP contribution in [0.1, 0.15) is 45.0 Å². The largest absolute Gasteiger partial charge is 0.347 e. The molecule has 0 saturated carbocycles. The molecule has 0 bridgehead atoms. The van der Waals surface area contributed by atoms with Crippen LogP contribution in [-0.2, 0) is 4.79 Å². The van der Waals surface area contributed by atoms with E-state index < -0.39 is 6.04 Å². The van der Waals surface area contributed by atoms with Crippen molar-refractivity contribution in [3.05, 3.63) is 29.8 Å². The molecule has 0 unspecified atom stereocenters. The summed E-state index contributed by atoms with van der Waals surface area (Å²) in [6.45, 7) is 9.56. The maximum absolute atomic E-state index is 12.0. The third-order valence-corrected chi connectivity index (χ3v) is 2.92. The lowest BCUT2D eigenvalue weighted by molar-refractivity contribution is -0.118. The minimum Gasteiger partial charge on any atom is -0.347 e. The first kappa shape index (κ1) is 17.2. The number of carbonyl (C=O) groups excluding carboxylic acids is 2. The molecule has 0 aliphatic heterocycles. The Morgan fingerprint density at radius 2 is 1.62 bits per heavy atom. The molecule has 0 aliphatic carbocycles. The van der Waals surface area contributed by atoms with E-state index in [4.69, 9.17) is 5.73 Å². The average Bonchev–Trinajstić information content (AvgIpc) is 2.36. The number of nitrogens with two attached hydrogens (primary N) is 1. The molecular formula is C16H25N3O2. The molecule has 0 aromatic heterocycles. The van der Waals surface area contributed by atoms with Crippen molar-refractivity contribution >= 4 is 17.5 Å². The van der Waals surface area contributed by atoms with Crippen LogP contribution in [0, 0.1) is 5.92 Å². The minimum absolute atomic E-state index is 0.0711. The second-order valence-electron chi connectivity index (χ2n) is 6.54. The third-order valence-electron chi connectivity index (χ3n) is 2.92. The van der Waals surface area contributed by atoms with Crippen LogP contribution in [-0.4, -0.2) is 23.4 Å². The Morgan fingerprint density at radius 3 is 2.05 bits per heavy atom. The highest BCUT2D eigenvalue weighted by Gasteiger charge is 2.18. The number of hydrogen-bond acceptors (Lipinski definition) is 3. The second kappa shape index (κ2) is 6.72. The van der Waals surface area contributed by atoms with E-state index in [9.17, 15) is 9.59 Å². The quantitative estimate of drug-likeness (QED) is 0.794. The molecule has 2 amide bonds. The van der Waals surface area contributed by atoms with Gasteiger partial charge in [-0.3, -0.25) is 9.59 Å². The van der Waals surface area contributed by atoms with Gasteiger partial charge in [0.15, 0.2) is 0 Å². The fourth-order valence-corrected chi connectivity index (χ4v) is 1.65. The Kier molecular flexibility index (Phi) is 5.49. The van der Waals surface area contributed by atoms with Gasteiger partial charge in [-0.15, -0.1) is 0 Å². The maximum Gasteiger partial charge on any atom is 0.251 e. The lowest BCUT2D eigenvalue weighted by atomic mass is 10.0. The van der Waals surface area contributed by atoms with Crippen LogP contribution in [0.15, 0.2) is 24.3 Å². The van der Waals surface area contributed by atoms with Gasteiger partial charge < -0.3 is 16.4 Å². The van der Waals surface area contributed by atoms with E-state index >= 15 is 0 Å². The summed E-state index contributed by atoms with van der Waals surface area (Å²) >= 11 is 0. The number of nitrogens with one attached hydrogen (secondary N) is 2. The van der Waals surface area contributed by atoms with Crippen LogP contribution in [0.5, 0.6) is 0 Å². The van der Waals surface area contributed by atoms with Gasteiger partial charge in [0.1, 0.15) is 0 Å². The topological polar surface area (TPSA) is 84.2 Å². The molecule has 0 aliphatic rings. The van der Waals surface area contributed by atoms with Crippen molar-refractivity contribution < 1.29 is 9.59 Å². The van der Waals surface area contributed by atoms with Crippen LogP contribution in [0.4, 0.5) is 5.69 Å². The first-order valence-corrected chi connectivity index (χ1v) is 7.09. The van der Waals surface area contributed by atoms with Crippen molar-refractivity contribution in [2.75, 3.05) is 5.32 Å². The van der Waals surface area contributed by atoms with Crippen molar-refractivity contribution in [2.45, 2.75) is 46.2 Å². The molecule has 0 spiro atoms. The molecule has 0 saturated heterocycles. The Bertz CT molecular complexity index is 501. The summed E-state index contributed by atoms with van der Waals surface area (Å²) in [5, 5.41) is 5.62. The molecule has 5 heteroatoms. The van der Waals surface area contributed by atoms with Crippen LogP contribution in [0.3, 0.4) is 0 Å². The molecule has 1 aromatic carbocycles. The van der Waals surface area contributed by atoms with Gasteiger partial charge in [0.2, 0.25) is 5.91 Å². The highest BCUT2D eigenvalue weighted by atomic mass is 16.2. The fourth-order valence-electron chi connectivity index (χ4n) is 1.65. The average molecular weight is 291 g/mol. The zero-order chi connectivity index (χ0) is 16.2. The molecule has 5 nitrogen and oxygen atoms in total. The SMILES string of the molecule is CC(C)[C@@H](N)C(=O)Nc1ccc(C(=O)NC(C)(C)C)cc1. The summed E-state index contributed by atoms with van der Waals surface area (Å²) in [7, 11) is 0. The summed E-state index contributed by atoms with van der Waals surface area (Å²) in [5.41, 5.74) is 6.68. The van der Waals surface area contributed by atoms with Crippen molar-refractivity contribution in [3.8, 4) is 0 Å². The van der Waals surface area contributed by atoms with Crippen LogP contribution >= 0.6 is 0 Å². The Morgan fingerprint density at radius 1 is 1.10 bits per heavy atom. The van der Waals surface area contributed by atoms with Crippen molar-refractivity contribution in [1.29, 1.82) is 0 Å². The smallest absolute Gasteiger partial charge is 0.251 e. The van der Waals surface area contributed by atoms with E-state index in [1.54, 1.807) is 24.3 Å². The van der Waals surface area contributed by atoms with Crippen molar-refractivity contribution in [1.82, 2.24) is 5.32 Å². The fraction of sp³-hybridized carbons (Fsp3) is 0.500. The van der Waals surface area contributed by atoms with Gasteiger partial charge in [0.25, 0.3) is 5.91 Å². The van der Waals surface area contributed by atoms with Gasteiger partial charge in [0, 0.05) is 16.8 Å². The van der Waals surface area contributed by atoms with Gasteiger partial charge in [-0.2, -0.15) is 0 Å². The van der Waals surface area contributed by atoms with Crippen LogP contribution < -0.4 is 16.4 Å². The minimum atomic E-state index is -0.547. The zero-order valence-corrected chi connectivity index (χ0v) is 13.4. The molecule has 0 fully saturated rings. The number of amides is 2. The Balaban J connectivity index is 2.70. The van der Waals surface area contributed by atoms with Gasteiger partial charge in [-0.1, -0.05) is 13.8 Å². The van der Waals surface area contributed by atoms with Gasteiger partial charge >= 0.3 is 0 Å². The summed E-state index contributed by atoms with van der Waals surface area (Å²) in [6.07, 6.45) is 0. The van der Waals surface area contributed by atoms with E-state index in [0.29, 0.717) is 11.3 Å². The summed E-state index contributed by atoms with van der Waals surface area (Å²) in [5.74, 6) is -0.294. The molecular weight excluding hydrogens is 266 g/mol. The number of anilines is 1. The number of hydrogen-bond donors (Lipinski definition) is 3. The predicted octanol–water partition coefficient (Wildman–Crippen LogP) is 2.14. The maximum atomic E-state index is 12.0. The predicted molar refractivity (Wildman–Crippen MR) is 85.1 cm³/mol. The molecule has 4 N–H and O–H groups in total. The second-order valence-corrected chi connectivity index (χ2v) is 6.54. The number of benzene rings is 1. The van der Waals surface area contributed by atoms with Crippen LogP contribution in [0.25, 0.3) is 0 Å². The van der Waals surface area contributed by atoms with Gasteiger partial charge in [-0.25, -0.2) is 0 Å². The van der Waals surface area contributed by atoms with Crippen molar-refractivity contribution in [2.24, 2.45) is 11.7 Å². The van der Waals surface area contributed by atoms with Crippen molar-refractivity contribution in [3.63, 3.8) is 0 Å². The number of rotatable bonds is 4. The normalized spacial score (nSPS) is 12.9. The highest BCUT2D eigenvalue weighted by Crippen LogP contribution is 2.12. The van der Waals surface area contributed by atoms with E-state index in [2.05, 4.69) is 10.6 Å². The van der Waals surface area contributed by atoms with Gasteiger partial charge in [0.05, 0.1) is 6.04 Å². The van der Waals surface area contributed by atoms with E-state index in [1.165, 1.54) is 0 Å². The number of carbonyl (C=O) groups is 2.